The second-order valence-electron chi connectivity index (χ2n) is 8.79. The highest BCUT2D eigenvalue weighted by Crippen LogP contribution is 2.34. The van der Waals surface area contributed by atoms with E-state index in [2.05, 4.69) is 57.5 Å². The first kappa shape index (κ1) is 22.3. The van der Waals surface area contributed by atoms with Crippen LogP contribution >= 0.6 is 11.8 Å². The molecule has 2 aliphatic rings. The fraction of sp³-hybridized carbons (Fsp3) is 0.625. The average Bonchev–Trinajstić information content (AvgIpc) is 3.55. The van der Waals surface area contributed by atoms with Gasteiger partial charge in [-0.3, -0.25) is 9.36 Å². The maximum Gasteiger partial charge on any atom is 0.233 e. The van der Waals surface area contributed by atoms with E-state index in [-0.39, 0.29) is 11.9 Å². The number of benzene rings is 1. The van der Waals surface area contributed by atoms with Gasteiger partial charge in [-0.1, -0.05) is 55.9 Å². The van der Waals surface area contributed by atoms with Crippen LogP contribution in [0.4, 0.5) is 0 Å². The molecule has 0 radical (unpaired) electrons. The van der Waals surface area contributed by atoms with Gasteiger partial charge in [-0.2, -0.15) is 0 Å². The summed E-state index contributed by atoms with van der Waals surface area (Å²) in [5, 5.41) is 9.83. The highest BCUT2D eigenvalue weighted by atomic mass is 32.2. The first-order chi connectivity index (χ1) is 15.1. The monoisotopic (exact) mass is 441 g/mol. The number of likely N-dealkylation sites (tertiary alicyclic amines) is 1. The van der Waals surface area contributed by atoms with Crippen molar-refractivity contribution in [1.82, 2.24) is 24.6 Å². The van der Waals surface area contributed by atoms with Crippen LogP contribution in [0.15, 0.2) is 35.5 Å². The van der Waals surface area contributed by atoms with Gasteiger partial charge in [0.05, 0.1) is 5.75 Å². The number of piperidine rings is 1. The fourth-order valence-corrected chi connectivity index (χ4v) is 5.42. The molecule has 0 N–H and O–H groups in total. The molecule has 1 saturated heterocycles. The minimum Gasteiger partial charge on any atom is -0.336 e. The van der Waals surface area contributed by atoms with Gasteiger partial charge >= 0.3 is 0 Å². The van der Waals surface area contributed by atoms with Crippen LogP contribution in [0.5, 0.6) is 0 Å². The van der Waals surface area contributed by atoms with E-state index >= 15 is 0 Å². The van der Waals surface area contributed by atoms with Gasteiger partial charge in [0, 0.05) is 36.8 Å². The van der Waals surface area contributed by atoms with Crippen LogP contribution in [-0.4, -0.2) is 67.9 Å². The molecule has 4 rings (SSSR count). The fourth-order valence-electron chi connectivity index (χ4n) is 4.51. The van der Waals surface area contributed by atoms with E-state index < -0.39 is 0 Å². The summed E-state index contributed by atoms with van der Waals surface area (Å²) in [4.78, 5) is 18.0. The summed E-state index contributed by atoms with van der Waals surface area (Å²) in [6.07, 6.45) is 5.50. The number of aromatic nitrogens is 3. The molecular formula is C24H35N5OS. The van der Waals surface area contributed by atoms with Gasteiger partial charge in [-0.15, -0.1) is 10.2 Å². The van der Waals surface area contributed by atoms with Gasteiger partial charge in [0.25, 0.3) is 0 Å². The van der Waals surface area contributed by atoms with Crippen molar-refractivity contribution < 1.29 is 4.79 Å². The van der Waals surface area contributed by atoms with Crippen LogP contribution in [0.2, 0.25) is 0 Å². The molecule has 1 aromatic carbocycles. The number of carbonyl (C=O) groups is 1. The Hall–Kier alpha value is -1.86. The lowest BCUT2D eigenvalue weighted by Gasteiger charge is -2.38. The highest BCUT2D eigenvalue weighted by Gasteiger charge is 2.38. The number of hydrogen-bond donors (Lipinski definition) is 0. The van der Waals surface area contributed by atoms with Crippen molar-refractivity contribution >= 4 is 17.7 Å². The largest absolute Gasteiger partial charge is 0.336 e. The summed E-state index contributed by atoms with van der Waals surface area (Å²) in [6.45, 7) is 9.91. The Labute approximate surface area is 190 Å². The molecule has 1 aromatic heterocycles. The van der Waals surface area contributed by atoms with Crippen LogP contribution in [0.25, 0.3) is 11.4 Å². The van der Waals surface area contributed by atoms with Crippen LogP contribution in [0, 0.1) is 0 Å². The minimum absolute atomic E-state index is 0.266. The lowest BCUT2D eigenvalue weighted by molar-refractivity contribution is -0.132. The second kappa shape index (κ2) is 10.2. The quantitative estimate of drug-likeness (QED) is 0.537. The lowest BCUT2D eigenvalue weighted by atomic mass is 10.0. The molecule has 0 spiro atoms. The summed E-state index contributed by atoms with van der Waals surface area (Å²) in [5.41, 5.74) is 1.07. The Morgan fingerprint density at radius 3 is 2.39 bits per heavy atom. The summed E-state index contributed by atoms with van der Waals surface area (Å²) >= 11 is 1.54. The van der Waals surface area contributed by atoms with Gasteiger partial charge in [-0.25, -0.2) is 0 Å². The first-order valence-corrected chi connectivity index (χ1v) is 12.8. The average molecular weight is 442 g/mol. The predicted octanol–water partition coefficient (Wildman–Crippen LogP) is 4.48. The van der Waals surface area contributed by atoms with E-state index in [0.29, 0.717) is 17.8 Å². The molecule has 7 heteroatoms. The number of rotatable bonds is 9. The van der Waals surface area contributed by atoms with Crippen molar-refractivity contribution in [1.29, 1.82) is 0 Å². The van der Waals surface area contributed by atoms with Crippen LogP contribution in [0.1, 0.15) is 58.9 Å². The molecule has 1 atom stereocenters. The Morgan fingerprint density at radius 1 is 1.10 bits per heavy atom. The molecule has 1 amide bonds. The van der Waals surface area contributed by atoms with Gasteiger partial charge in [0.1, 0.15) is 0 Å². The van der Waals surface area contributed by atoms with E-state index in [0.717, 1.165) is 68.3 Å². The van der Waals surface area contributed by atoms with Crippen LogP contribution < -0.4 is 0 Å². The summed E-state index contributed by atoms with van der Waals surface area (Å²) in [5.74, 6) is 1.59. The topological polar surface area (TPSA) is 54.3 Å². The Balaban J connectivity index is 1.46. The molecule has 1 aliphatic heterocycles. The Bertz CT molecular complexity index is 858. The number of hydrogen-bond acceptors (Lipinski definition) is 5. The number of nitrogens with zero attached hydrogens (tertiary/aromatic N) is 5. The molecule has 2 heterocycles. The van der Waals surface area contributed by atoms with E-state index in [1.54, 1.807) is 11.8 Å². The zero-order valence-electron chi connectivity index (χ0n) is 19.0. The van der Waals surface area contributed by atoms with Gasteiger partial charge in [-0.05, 0) is 45.6 Å². The zero-order chi connectivity index (χ0) is 21.8. The zero-order valence-corrected chi connectivity index (χ0v) is 19.9. The van der Waals surface area contributed by atoms with E-state index in [9.17, 15) is 4.79 Å². The number of amides is 1. The third-order valence-electron chi connectivity index (χ3n) is 6.68. The molecule has 1 unspecified atom stereocenters. The van der Waals surface area contributed by atoms with Crippen molar-refractivity contribution in [2.45, 2.75) is 76.2 Å². The smallest absolute Gasteiger partial charge is 0.233 e. The molecule has 0 bridgehead atoms. The van der Waals surface area contributed by atoms with Crippen molar-refractivity contribution in [2.24, 2.45) is 0 Å². The van der Waals surface area contributed by atoms with E-state index in [1.807, 2.05) is 18.2 Å². The number of thioether (sulfide) groups is 1. The third-order valence-corrected chi connectivity index (χ3v) is 7.61. The SMILES string of the molecule is CCC(C)n1c(SCC(=O)N(C2CC2)C2CCN(CC)CC2)nnc1-c1ccccc1. The molecule has 1 saturated carbocycles. The van der Waals surface area contributed by atoms with Crippen LogP contribution in [0.3, 0.4) is 0 Å². The standard InChI is InChI=1S/C24H35N5OS/c1-4-18(3)28-23(19-9-7-6-8-10-19)25-26-24(28)31-17-22(30)29(20-11-12-20)21-13-15-27(5-2)16-14-21/h6-10,18,20-21H,4-5,11-17H2,1-3H3. The summed E-state index contributed by atoms with van der Waals surface area (Å²) in [6, 6.07) is 11.3. The molecule has 2 fully saturated rings. The Morgan fingerprint density at radius 2 is 1.77 bits per heavy atom. The molecule has 6 nitrogen and oxygen atoms in total. The minimum atomic E-state index is 0.266. The Kier molecular flexibility index (Phi) is 7.33. The van der Waals surface area contributed by atoms with Gasteiger partial charge in [0.15, 0.2) is 11.0 Å². The summed E-state index contributed by atoms with van der Waals surface area (Å²) < 4.78 is 2.20. The molecule has 168 valence electrons. The molecule has 31 heavy (non-hydrogen) atoms. The molecule has 1 aliphatic carbocycles. The van der Waals surface area contributed by atoms with Crippen molar-refractivity contribution in [3.63, 3.8) is 0 Å². The lowest BCUT2D eigenvalue weighted by Crippen LogP contribution is -2.49. The van der Waals surface area contributed by atoms with Crippen molar-refractivity contribution in [3.8, 4) is 11.4 Å². The summed E-state index contributed by atoms with van der Waals surface area (Å²) in [7, 11) is 0. The maximum absolute atomic E-state index is 13.3. The number of carbonyl (C=O) groups excluding carboxylic acids is 1. The normalized spacial score (nSPS) is 18.8. The maximum atomic E-state index is 13.3. The van der Waals surface area contributed by atoms with Crippen molar-refractivity contribution in [3.05, 3.63) is 30.3 Å². The highest BCUT2D eigenvalue weighted by molar-refractivity contribution is 7.99. The van der Waals surface area contributed by atoms with Gasteiger partial charge < -0.3 is 9.80 Å². The van der Waals surface area contributed by atoms with E-state index in [4.69, 9.17) is 0 Å². The molecule has 2 aromatic rings. The van der Waals surface area contributed by atoms with E-state index in [1.165, 1.54) is 0 Å². The van der Waals surface area contributed by atoms with Gasteiger partial charge in [0.2, 0.25) is 5.91 Å². The molecular weight excluding hydrogens is 406 g/mol. The first-order valence-electron chi connectivity index (χ1n) is 11.8. The second-order valence-corrected chi connectivity index (χ2v) is 9.73. The van der Waals surface area contributed by atoms with Crippen molar-refractivity contribution in [2.75, 3.05) is 25.4 Å². The third kappa shape index (κ3) is 5.14. The van der Waals surface area contributed by atoms with Crippen LogP contribution in [-0.2, 0) is 4.79 Å². The predicted molar refractivity (Wildman–Crippen MR) is 126 cm³/mol.